The lowest BCUT2D eigenvalue weighted by molar-refractivity contribution is -0.111. The third-order valence-corrected chi connectivity index (χ3v) is 6.91. The van der Waals surface area contributed by atoms with Gasteiger partial charge in [-0.3, -0.25) is 4.79 Å². The van der Waals surface area contributed by atoms with E-state index in [4.69, 9.17) is 0 Å². The number of rotatable bonds is 7. The third kappa shape index (κ3) is 3.97. The van der Waals surface area contributed by atoms with Crippen molar-refractivity contribution in [1.82, 2.24) is 4.57 Å². The highest BCUT2D eigenvalue weighted by Crippen LogP contribution is 2.42. The van der Waals surface area contributed by atoms with Crippen LogP contribution in [0.3, 0.4) is 0 Å². The first-order valence-corrected chi connectivity index (χ1v) is 11.7. The molecule has 0 fully saturated rings. The summed E-state index contributed by atoms with van der Waals surface area (Å²) in [6.45, 7) is 15.8. The summed E-state index contributed by atoms with van der Waals surface area (Å²) in [4.78, 5) is 13.2. The highest BCUT2D eigenvalue weighted by Gasteiger charge is 2.37. The number of fused-ring (bicyclic) bond motifs is 1. The molecule has 1 heterocycles. The van der Waals surface area contributed by atoms with Crippen molar-refractivity contribution >= 4 is 22.3 Å². The van der Waals surface area contributed by atoms with Gasteiger partial charge in [0.1, 0.15) is 5.76 Å². The monoisotopic (exact) mass is 439 g/mol. The van der Waals surface area contributed by atoms with Crippen LogP contribution in [-0.2, 0) is 16.8 Å². The van der Waals surface area contributed by atoms with E-state index in [0.29, 0.717) is 17.1 Å². The molecule has 2 aromatic carbocycles. The van der Waals surface area contributed by atoms with E-state index < -0.39 is 0 Å². The second-order valence-electron chi connectivity index (χ2n) is 10.0. The van der Waals surface area contributed by atoms with Crippen molar-refractivity contribution in [3.8, 4) is 0 Å². The number of aliphatic hydroxyl groups is 1. The van der Waals surface area contributed by atoms with Gasteiger partial charge in [-0.25, -0.2) is 0 Å². The summed E-state index contributed by atoms with van der Waals surface area (Å²) >= 11 is 0. The van der Waals surface area contributed by atoms with Crippen LogP contribution in [0.25, 0.3) is 16.5 Å². The van der Waals surface area contributed by atoms with Crippen LogP contribution in [0.15, 0.2) is 84.3 Å². The Morgan fingerprint density at radius 2 is 1.79 bits per heavy atom. The number of ketones is 1. The number of Topliss-reactive ketones (excluding diaryl/α,β-unsaturated/α-hetero) is 1. The molecule has 0 bridgehead atoms. The molecule has 0 spiro atoms. The van der Waals surface area contributed by atoms with Crippen LogP contribution in [0.1, 0.15) is 50.8 Å². The van der Waals surface area contributed by atoms with Crippen molar-refractivity contribution in [2.75, 3.05) is 0 Å². The minimum Gasteiger partial charge on any atom is -0.506 e. The van der Waals surface area contributed by atoms with Gasteiger partial charge in [0, 0.05) is 34.6 Å². The maximum absolute atomic E-state index is 13.2. The zero-order valence-electron chi connectivity index (χ0n) is 20.3. The molecular weight excluding hydrogens is 406 g/mol. The van der Waals surface area contributed by atoms with Gasteiger partial charge in [-0.15, -0.1) is 0 Å². The summed E-state index contributed by atoms with van der Waals surface area (Å²) < 4.78 is 2.19. The Labute approximate surface area is 196 Å². The molecule has 0 atom stereocenters. The highest BCUT2D eigenvalue weighted by molar-refractivity contribution is 6.40. The molecule has 1 aliphatic carbocycles. The lowest BCUT2D eigenvalue weighted by atomic mass is 9.74. The molecule has 33 heavy (non-hydrogen) atoms. The van der Waals surface area contributed by atoms with E-state index >= 15 is 0 Å². The fourth-order valence-electron chi connectivity index (χ4n) is 4.64. The second-order valence-corrected chi connectivity index (χ2v) is 10.0. The van der Waals surface area contributed by atoms with Crippen LogP contribution in [0.4, 0.5) is 0 Å². The Kier molecular flexibility index (Phi) is 5.92. The van der Waals surface area contributed by atoms with Gasteiger partial charge in [-0.1, -0.05) is 76.7 Å². The molecule has 1 N–H and O–H groups in total. The SMILES string of the molecule is C=C(/C=C1/C(=O)C(c2cn(CCC(C)C)c3ccccc23)=C1O)C(C)(C)c1ccccc1C. The number of aliphatic hydroxyl groups excluding tert-OH is 1. The second kappa shape index (κ2) is 8.55. The number of nitrogens with zero attached hydrogens (tertiary/aromatic N) is 1. The maximum atomic E-state index is 13.2. The number of carbonyl (C=O) groups excluding carboxylic acids is 1. The van der Waals surface area contributed by atoms with Crippen LogP contribution >= 0.6 is 0 Å². The predicted molar refractivity (Wildman–Crippen MR) is 137 cm³/mol. The Hall–Kier alpha value is -3.33. The number of benzene rings is 2. The van der Waals surface area contributed by atoms with Gasteiger partial charge in [0.2, 0.25) is 5.78 Å². The van der Waals surface area contributed by atoms with Gasteiger partial charge in [0.25, 0.3) is 0 Å². The molecule has 3 heteroatoms. The van der Waals surface area contributed by atoms with Crippen molar-refractivity contribution in [2.24, 2.45) is 5.92 Å². The molecule has 0 aliphatic heterocycles. The molecule has 0 radical (unpaired) electrons. The van der Waals surface area contributed by atoms with Crippen LogP contribution in [0, 0.1) is 12.8 Å². The first-order valence-electron chi connectivity index (χ1n) is 11.7. The Morgan fingerprint density at radius 1 is 1.12 bits per heavy atom. The number of para-hydroxylation sites is 1. The minimum absolute atomic E-state index is 0.0634. The number of carbonyl (C=O) groups is 1. The third-order valence-electron chi connectivity index (χ3n) is 6.91. The van der Waals surface area contributed by atoms with Crippen LogP contribution in [0.2, 0.25) is 0 Å². The Bertz CT molecular complexity index is 1310. The van der Waals surface area contributed by atoms with Gasteiger partial charge >= 0.3 is 0 Å². The van der Waals surface area contributed by atoms with Crippen molar-refractivity contribution in [2.45, 2.75) is 53.0 Å². The number of hydrogen-bond acceptors (Lipinski definition) is 2. The van der Waals surface area contributed by atoms with E-state index in [2.05, 4.69) is 64.0 Å². The molecule has 3 aromatic rings. The molecule has 3 nitrogen and oxygen atoms in total. The molecule has 170 valence electrons. The zero-order valence-corrected chi connectivity index (χ0v) is 20.3. The predicted octanol–water partition coefficient (Wildman–Crippen LogP) is 7.31. The van der Waals surface area contributed by atoms with Crippen molar-refractivity contribution in [3.05, 3.63) is 101 Å². The summed E-state index contributed by atoms with van der Waals surface area (Å²) in [6, 6.07) is 16.3. The van der Waals surface area contributed by atoms with Crippen molar-refractivity contribution in [3.63, 3.8) is 0 Å². The van der Waals surface area contributed by atoms with E-state index in [1.807, 2.05) is 36.5 Å². The molecular formula is C30H33NO2. The highest BCUT2D eigenvalue weighted by atomic mass is 16.3. The number of allylic oxidation sites excluding steroid dienone is 4. The van der Waals surface area contributed by atoms with E-state index in [9.17, 15) is 9.90 Å². The van der Waals surface area contributed by atoms with Crippen LogP contribution in [0.5, 0.6) is 0 Å². The van der Waals surface area contributed by atoms with Gasteiger partial charge in [0.15, 0.2) is 0 Å². The fraction of sp³-hybridized carbons (Fsp3) is 0.300. The van der Waals surface area contributed by atoms with Gasteiger partial charge < -0.3 is 9.67 Å². The zero-order chi connectivity index (χ0) is 23.9. The molecule has 0 unspecified atom stereocenters. The molecule has 0 amide bonds. The lowest BCUT2D eigenvalue weighted by Crippen LogP contribution is -2.24. The molecule has 0 saturated heterocycles. The van der Waals surface area contributed by atoms with E-state index in [-0.39, 0.29) is 17.0 Å². The standard InChI is InChI=1S/C30H33NO2/c1-19(2)15-16-31-18-24(22-12-8-10-14-26(22)31)27-28(32)23(29(27)33)17-21(4)30(5,6)25-13-9-7-11-20(25)3/h7-14,17-19,32H,4,15-16H2,1-3,5-6H3/b23-17+. The van der Waals surface area contributed by atoms with Gasteiger partial charge in [-0.05, 0) is 48.1 Å². The summed E-state index contributed by atoms with van der Waals surface area (Å²) in [5, 5.41) is 12.0. The van der Waals surface area contributed by atoms with Crippen molar-refractivity contribution < 1.29 is 9.90 Å². The molecule has 0 saturated carbocycles. The Morgan fingerprint density at radius 3 is 2.45 bits per heavy atom. The summed E-state index contributed by atoms with van der Waals surface area (Å²) in [7, 11) is 0. The van der Waals surface area contributed by atoms with E-state index in [1.165, 1.54) is 5.56 Å². The Balaban J connectivity index is 1.71. The van der Waals surface area contributed by atoms with Crippen LogP contribution in [-0.4, -0.2) is 15.5 Å². The molecule has 1 aliphatic rings. The first-order chi connectivity index (χ1) is 15.6. The first kappa shape index (κ1) is 22.8. The molecule has 1 aromatic heterocycles. The average Bonchev–Trinajstić information content (AvgIpc) is 3.14. The van der Waals surface area contributed by atoms with Gasteiger partial charge in [-0.2, -0.15) is 0 Å². The smallest absolute Gasteiger partial charge is 0.201 e. The van der Waals surface area contributed by atoms with E-state index in [0.717, 1.165) is 40.6 Å². The summed E-state index contributed by atoms with van der Waals surface area (Å²) in [5.41, 5.74) is 5.42. The lowest BCUT2D eigenvalue weighted by Gasteiger charge is -2.30. The van der Waals surface area contributed by atoms with Gasteiger partial charge in [0.05, 0.1) is 11.1 Å². The van der Waals surface area contributed by atoms with E-state index in [1.54, 1.807) is 6.08 Å². The largest absolute Gasteiger partial charge is 0.506 e. The number of hydrogen-bond donors (Lipinski definition) is 1. The molecule has 4 rings (SSSR count). The minimum atomic E-state index is -0.360. The maximum Gasteiger partial charge on any atom is 0.201 e. The summed E-state index contributed by atoms with van der Waals surface area (Å²) in [5.74, 6) is 0.527. The van der Waals surface area contributed by atoms with Crippen molar-refractivity contribution in [1.29, 1.82) is 0 Å². The normalized spacial score (nSPS) is 15.6. The fourth-order valence-corrected chi connectivity index (χ4v) is 4.64. The van der Waals surface area contributed by atoms with Crippen LogP contribution < -0.4 is 0 Å². The quantitative estimate of drug-likeness (QED) is 0.392. The topological polar surface area (TPSA) is 42.2 Å². The summed E-state index contributed by atoms with van der Waals surface area (Å²) in [6.07, 6.45) is 4.82. The number of aromatic nitrogens is 1. The number of aryl methyl sites for hydroxylation is 2. The average molecular weight is 440 g/mol.